The number of aromatic nitrogens is 1. The first-order valence-corrected chi connectivity index (χ1v) is 9.44. The average molecular weight is 429 g/mol. The van der Waals surface area contributed by atoms with Gasteiger partial charge < -0.3 is 24.5 Å². The van der Waals surface area contributed by atoms with Crippen molar-refractivity contribution in [3.05, 3.63) is 75.6 Å². The predicted molar refractivity (Wildman–Crippen MR) is 116 cm³/mol. The van der Waals surface area contributed by atoms with Gasteiger partial charge in [-0.25, -0.2) is 0 Å². The summed E-state index contributed by atoms with van der Waals surface area (Å²) in [6.07, 6.45) is 1.53. The average Bonchev–Trinajstić information content (AvgIpc) is 2.75. The van der Waals surface area contributed by atoms with Gasteiger partial charge in [0.05, 0.1) is 19.7 Å². The maximum absolute atomic E-state index is 13.1. The monoisotopic (exact) mass is 428 g/mol. The summed E-state index contributed by atoms with van der Waals surface area (Å²) in [6, 6.07) is 10.1. The van der Waals surface area contributed by atoms with Crippen LogP contribution < -0.4 is 20.3 Å². The standard InChI is InChI=1S/C22H21ClN2O5/c1-4-9-25-16-11-18(30-3)17(29-2)10-14(16)20(26)19(22(25)28)21(27)24-12-13-7-5-6-8-15(13)23/h4-8,10-11,26H,1,9,12H2,2-3H3,(H,24,27). The second-order valence-electron chi connectivity index (χ2n) is 6.43. The maximum Gasteiger partial charge on any atom is 0.268 e. The summed E-state index contributed by atoms with van der Waals surface area (Å²) in [5.41, 5.74) is 0.0516. The molecule has 1 aromatic heterocycles. The Labute approximate surface area is 178 Å². The molecule has 0 unspecified atom stereocenters. The molecular formula is C22H21ClN2O5. The molecule has 3 aromatic rings. The lowest BCUT2D eigenvalue weighted by Gasteiger charge is -2.16. The largest absolute Gasteiger partial charge is 0.506 e. The number of aromatic hydroxyl groups is 1. The van der Waals surface area contributed by atoms with E-state index in [1.54, 1.807) is 30.3 Å². The third-order valence-electron chi connectivity index (χ3n) is 4.68. The number of methoxy groups -OCH3 is 2. The van der Waals surface area contributed by atoms with Gasteiger partial charge in [-0.3, -0.25) is 9.59 Å². The Morgan fingerprint density at radius 3 is 2.53 bits per heavy atom. The van der Waals surface area contributed by atoms with E-state index in [9.17, 15) is 14.7 Å². The smallest absolute Gasteiger partial charge is 0.268 e. The quantitative estimate of drug-likeness (QED) is 0.562. The zero-order valence-corrected chi connectivity index (χ0v) is 17.3. The fraction of sp³-hybridized carbons (Fsp3) is 0.182. The highest BCUT2D eigenvalue weighted by Gasteiger charge is 2.23. The number of nitrogens with one attached hydrogen (secondary N) is 1. The second kappa shape index (κ2) is 8.92. The van der Waals surface area contributed by atoms with Gasteiger partial charge in [-0.05, 0) is 17.7 Å². The number of carbonyl (C=O) groups is 1. The summed E-state index contributed by atoms with van der Waals surface area (Å²) in [6.45, 7) is 3.90. The van der Waals surface area contributed by atoms with Crippen molar-refractivity contribution in [2.45, 2.75) is 13.1 Å². The van der Waals surface area contributed by atoms with Crippen molar-refractivity contribution in [3.63, 3.8) is 0 Å². The van der Waals surface area contributed by atoms with E-state index in [1.807, 2.05) is 0 Å². The van der Waals surface area contributed by atoms with Crippen molar-refractivity contribution in [2.75, 3.05) is 14.2 Å². The Hall–Kier alpha value is -3.45. The molecule has 1 heterocycles. The van der Waals surface area contributed by atoms with Gasteiger partial charge in [0.15, 0.2) is 11.5 Å². The van der Waals surface area contributed by atoms with Crippen molar-refractivity contribution in [1.29, 1.82) is 0 Å². The molecule has 0 saturated carbocycles. The molecule has 0 bridgehead atoms. The fourth-order valence-corrected chi connectivity index (χ4v) is 3.38. The van der Waals surface area contributed by atoms with Gasteiger partial charge >= 0.3 is 0 Å². The summed E-state index contributed by atoms with van der Waals surface area (Å²) in [5, 5.41) is 14.2. The molecule has 0 saturated heterocycles. The van der Waals surface area contributed by atoms with E-state index in [0.29, 0.717) is 27.6 Å². The van der Waals surface area contributed by atoms with Crippen LogP contribution in [0.25, 0.3) is 10.9 Å². The van der Waals surface area contributed by atoms with Crippen LogP contribution in [0.4, 0.5) is 0 Å². The highest BCUT2D eigenvalue weighted by molar-refractivity contribution is 6.31. The highest BCUT2D eigenvalue weighted by Crippen LogP contribution is 2.36. The Kier molecular flexibility index (Phi) is 6.32. The molecule has 30 heavy (non-hydrogen) atoms. The minimum absolute atomic E-state index is 0.100. The number of pyridine rings is 1. The number of ether oxygens (including phenoxy) is 2. The van der Waals surface area contributed by atoms with Gasteiger partial charge in [0, 0.05) is 29.6 Å². The molecule has 0 atom stereocenters. The normalized spacial score (nSPS) is 10.6. The molecule has 7 nitrogen and oxygen atoms in total. The number of rotatable bonds is 7. The first-order chi connectivity index (χ1) is 14.4. The summed E-state index contributed by atoms with van der Waals surface area (Å²) in [7, 11) is 2.92. The molecule has 0 fully saturated rings. The molecule has 0 radical (unpaired) electrons. The Morgan fingerprint density at radius 1 is 1.23 bits per heavy atom. The zero-order valence-electron chi connectivity index (χ0n) is 16.6. The number of hydrogen-bond donors (Lipinski definition) is 2. The fourth-order valence-electron chi connectivity index (χ4n) is 3.18. The number of amides is 1. The van der Waals surface area contributed by atoms with Crippen molar-refractivity contribution >= 4 is 28.4 Å². The lowest BCUT2D eigenvalue weighted by Crippen LogP contribution is -2.33. The minimum Gasteiger partial charge on any atom is -0.506 e. The number of hydrogen-bond acceptors (Lipinski definition) is 5. The highest BCUT2D eigenvalue weighted by atomic mass is 35.5. The zero-order chi connectivity index (χ0) is 21.8. The van der Waals surface area contributed by atoms with E-state index in [-0.39, 0.29) is 24.0 Å². The Balaban J connectivity index is 2.14. The SMILES string of the molecule is C=CCn1c(=O)c(C(=O)NCc2ccccc2Cl)c(O)c2cc(OC)c(OC)cc21. The number of carbonyl (C=O) groups excluding carboxylic acids is 1. The van der Waals surface area contributed by atoms with Crippen molar-refractivity contribution in [3.8, 4) is 17.2 Å². The number of allylic oxidation sites excluding steroid dienone is 1. The number of halogens is 1. The molecular weight excluding hydrogens is 408 g/mol. The molecule has 0 aliphatic rings. The summed E-state index contributed by atoms with van der Waals surface area (Å²) in [4.78, 5) is 25.9. The number of fused-ring (bicyclic) bond motifs is 1. The van der Waals surface area contributed by atoms with Crippen LogP contribution in [0.2, 0.25) is 5.02 Å². The Bertz CT molecular complexity index is 1190. The molecule has 8 heteroatoms. The van der Waals surface area contributed by atoms with Gasteiger partial charge in [0.1, 0.15) is 11.3 Å². The third-order valence-corrected chi connectivity index (χ3v) is 5.05. The van der Waals surface area contributed by atoms with Crippen LogP contribution in [0.15, 0.2) is 53.8 Å². The van der Waals surface area contributed by atoms with Crippen LogP contribution >= 0.6 is 11.6 Å². The molecule has 2 aromatic carbocycles. The van der Waals surface area contributed by atoms with E-state index in [0.717, 1.165) is 0 Å². The lowest BCUT2D eigenvalue weighted by atomic mass is 10.1. The summed E-state index contributed by atoms with van der Waals surface area (Å²) < 4.78 is 11.9. The van der Waals surface area contributed by atoms with Crippen molar-refractivity contribution in [2.24, 2.45) is 0 Å². The van der Waals surface area contributed by atoms with E-state index >= 15 is 0 Å². The maximum atomic E-state index is 13.1. The van der Waals surface area contributed by atoms with Crippen LogP contribution in [-0.2, 0) is 13.1 Å². The first-order valence-electron chi connectivity index (χ1n) is 9.06. The van der Waals surface area contributed by atoms with Gasteiger partial charge in [-0.2, -0.15) is 0 Å². The van der Waals surface area contributed by atoms with E-state index in [1.165, 1.54) is 30.9 Å². The van der Waals surface area contributed by atoms with Gasteiger partial charge in [0.25, 0.3) is 11.5 Å². The van der Waals surface area contributed by atoms with Gasteiger partial charge in [-0.15, -0.1) is 6.58 Å². The predicted octanol–water partition coefficient (Wildman–Crippen LogP) is 3.49. The topological polar surface area (TPSA) is 89.8 Å². The summed E-state index contributed by atoms with van der Waals surface area (Å²) >= 11 is 6.12. The molecule has 156 valence electrons. The van der Waals surface area contributed by atoms with Crippen molar-refractivity contribution < 1.29 is 19.4 Å². The molecule has 0 spiro atoms. The van der Waals surface area contributed by atoms with Crippen LogP contribution in [0.1, 0.15) is 15.9 Å². The van der Waals surface area contributed by atoms with Gasteiger partial charge in [-0.1, -0.05) is 35.9 Å². The first kappa shape index (κ1) is 21.3. The van der Waals surface area contributed by atoms with Crippen LogP contribution in [0.5, 0.6) is 17.2 Å². The van der Waals surface area contributed by atoms with Crippen LogP contribution in [-0.4, -0.2) is 29.8 Å². The lowest BCUT2D eigenvalue weighted by molar-refractivity contribution is 0.0946. The second-order valence-corrected chi connectivity index (χ2v) is 6.83. The van der Waals surface area contributed by atoms with E-state index in [4.69, 9.17) is 21.1 Å². The minimum atomic E-state index is -0.716. The summed E-state index contributed by atoms with van der Waals surface area (Å²) in [5.74, 6) is -0.413. The van der Waals surface area contributed by atoms with E-state index in [2.05, 4.69) is 11.9 Å². The van der Waals surface area contributed by atoms with Gasteiger partial charge in [0.2, 0.25) is 0 Å². The van der Waals surface area contributed by atoms with Crippen LogP contribution in [0.3, 0.4) is 0 Å². The molecule has 1 amide bonds. The molecule has 0 aliphatic heterocycles. The number of nitrogens with zero attached hydrogens (tertiary/aromatic N) is 1. The van der Waals surface area contributed by atoms with Crippen molar-refractivity contribution in [1.82, 2.24) is 9.88 Å². The number of benzene rings is 2. The third kappa shape index (κ3) is 3.84. The van der Waals surface area contributed by atoms with E-state index < -0.39 is 17.2 Å². The molecule has 2 N–H and O–H groups in total. The Morgan fingerprint density at radius 2 is 1.90 bits per heavy atom. The van der Waals surface area contributed by atoms with Crippen LogP contribution in [0, 0.1) is 0 Å². The molecule has 0 aliphatic carbocycles. The molecule has 3 rings (SSSR count).